The lowest BCUT2D eigenvalue weighted by molar-refractivity contribution is -0.115. The number of nitrogens with zero attached hydrogens (tertiary/aromatic N) is 3. The fraction of sp³-hybridized carbons (Fsp3) is 0.389. The van der Waals surface area contributed by atoms with Crippen molar-refractivity contribution in [1.29, 1.82) is 0 Å². The Balaban J connectivity index is 1.69. The third-order valence-electron chi connectivity index (χ3n) is 4.74. The average Bonchev–Trinajstić information content (AvgIpc) is 2.94. The molecule has 0 radical (unpaired) electrons. The number of carbonyl (C=O) groups excluding carboxylic acids is 2. The first-order chi connectivity index (χ1) is 11.7. The molecule has 0 spiro atoms. The van der Waals surface area contributed by atoms with Crippen molar-refractivity contribution in [3.8, 4) is 0 Å². The number of anilines is 1. The molecule has 2 amide bonds. The summed E-state index contributed by atoms with van der Waals surface area (Å²) in [5.74, 6) is -0.410. The zero-order valence-corrected chi connectivity index (χ0v) is 14.4. The van der Waals surface area contributed by atoms with E-state index in [1.54, 1.807) is 11.9 Å². The number of likely N-dealkylation sites (N-methyl/N-ethyl adjacent to an activating group) is 1. The van der Waals surface area contributed by atoms with Crippen LogP contribution in [0, 0.1) is 0 Å². The van der Waals surface area contributed by atoms with Crippen LogP contribution in [0.3, 0.4) is 0 Å². The van der Waals surface area contributed by atoms with E-state index < -0.39 is 0 Å². The molecule has 1 aromatic rings. The Bertz CT molecular complexity index is 776. The second kappa shape index (κ2) is 6.09. The van der Waals surface area contributed by atoms with Crippen LogP contribution in [-0.4, -0.2) is 42.0 Å². The lowest BCUT2D eigenvalue weighted by Gasteiger charge is -2.20. The van der Waals surface area contributed by atoms with Gasteiger partial charge in [0.25, 0.3) is 11.8 Å². The minimum absolute atomic E-state index is 0.126. The number of aliphatic imine (C=N–C) groups is 1. The van der Waals surface area contributed by atoms with Crippen molar-refractivity contribution in [3.63, 3.8) is 0 Å². The molecule has 0 atom stereocenters. The zero-order chi connectivity index (χ0) is 16.7. The topological polar surface area (TPSA) is 53.0 Å². The Labute approximate surface area is 145 Å². The fourth-order valence-corrected chi connectivity index (χ4v) is 4.49. The summed E-state index contributed by atoms with van der Waals surface area (Å²) in [4.78, 5) is 33.7. The summed E-state index contributed by atoms with van der Waals surface area (Å²) in [6.45, 7) is 1.87. The van der Waals surface area contributed by atoms with Crippen molar-refractivity contribution in [2.45, 2.75) is 25.7 Å². The van der Waals surface area contributed by atoms with Crippen LogP contribution in [0.2, 0.25) is 0 Å². The average molecular weight is 341 g/mol. The van der Waals surface area contributed by atoms with Gasteiger partial charge in [0.15, 0.2) is 5.17 Å². The molecule has 3 aliphatic heterocycles. The lowest BCUT2D eigenvalue weighted by Crippen LogP contribution is -2.28. The van der Waals surface area contributed by atoms with E-state index >= 15 is 0 Å². The summed E-state index contributed by atoms with van der Waals surface area (Å²) in [5.41, 5.74) is 2.17. The molecular weight excluding hydrogens is 322 g/mol. The lowest BCUT2D eigenvalue weighted by atomic mass is 10.1. The number of amides is 2. The normalized spacial score (nSPS) is 24.3. The summed E-state index contributed by atoms with van der Waals surface area (Å²) < 4.78 is 0. The molecule has 124 valence electrons. The Morgan fingerprint density at radius 1 is 1.04 bits per heavy atom. The van der Waals surface area contributed by atoms with Crippen LogP contribution in [0.1, 0.15) is 31.2 Å². The summed E-state index contributed by atoms with van der Waals surface area (Å²) in [6.07, 6.45) is 4.72. The van der Waals surface area contributed by atoms with Crippen LogP contribution in [0.5, 0.6) is 0 Å². The van der Waals surface area contributed by atoms with E-state index in [-0.39, 0.29) is 11.8 Å². The van der Waals surface area contributed by atoms with E-state index in [2.05, 4.69) is 9.89 Å². The standard InChI is InChI=1S/C18H19N3O2S/c1-20-13-9-5-4-8-12(13)14(17(20)23)15-16(22)19-18(24-15)21-10-6-2-3-7-11-21/h4-5,8-9H,2-3,6-7,10-11H2,1H3/b15-14+. The number of para-hydroxylation sites is 1. The van der Waals surface area contributed by atoms with Crippen LogP contribution >= 0.6 is 11.8 Å². The third-order valence-corrected chi connectivity index (χ3v) is 5.86. The van der Waals surface area contributed by atoms with Crippen molar-refractivity contribution >= 4 is 40.0 Å². The van der Waals surface area contributed by atoms with E-state index in [4.69, 9.17) is 0 Å². The number of amidine groups is 1. The van der Waals surface area contributed by atoms with Crippen molar-refractivity contribution in [2.24, 2.45) is 4.99 Å². The van der Waals surface area contributed by atoms with Gasteiger partial charge in [-0.1, -0.05) is 31.0 Å². The maximum Gasteiger partial charge on any atom is 0.287 e. The van der Waals surface area contributed by atoms with Crippen LogP contribution < -0.4 is 4.90 Å². The van der Waals surface area contributed by atoms with Gasteiger partial charge < -0.3 is 9.80 Å². The molecule has 1 aromatic carbocycles. The van der Waals surface area contributed by atoms with Gasteiger partial charge in [-0.05, 0) is 30.7 Å². The molecule has 4 rings (SSSR count). The molecule has 1 fully saturated rings. The highest BCUT2D eigenvalue weighted by Gasteiger charge is 2.38. The molecule has 0 N–H and O–H groups in total. The van der Waals surface area contributed by atoms with Gasteiger partial charge in [0.1, 0.15) is 0 Å². The number of benzene rings is 1. The molecule has 0 aliphatic carbocycles. The van der Waals surface area contributed by atoms with Gasteiger partial charge in [-0.2, -0.15) is 4.99 Å². The number of thioether (sulfide) groups is 1. The van der Waals surface area contributed by atoms with Crippen LogP contribution in [0.25, 0.3) is 5.57 Å². The second-order valence-corrected chi connectivity index (χ2v) is 7.27. The predicted octanol–water partition coefficient (Wildman–Crippen LogP) is 2.88. The summed E-state index contributed by atoms with van der Waals surface area (Å²) in [6, 6.07) is 7.60. The van der Waals surface area contributed by atoms with Crippen molar-refractivity contribution in [1.82, 2.24) is 4.90 Å². The maximum atomic E-state index is 12.7. The van der Waals surface area contributed by atoms with Gasteiger partial charge in [0.2, 0.25) is 0 Å². The molecule has 3 heterocycles. The quantitative estimate of drug-likeness (QED) is 0.681. The molecule has 3 aliphatic rings. The zero-order valence-electron chi connectivity index (χ0n) is 13.6. The largest absolute Gasteiger partial charge is 0.351 e. The van der Waals surface area contributed by atoms with Gasteiger partial charge in [-0.15, -0.1) is 0 Å². The van der Waals surface area contributed by atoms with Gasteiger partial charge in [0, 0.05) is 25.7 Å². The van der Waals surface area contributed by atoms with Crippen LogP contribution in [-0.2, 0) is 9.59 Å². The monoisotopic (exact) mass is 341 g/mol. The minimum atomic E-state index is -0.285. The molecule has 0 saturated carbocycles. The summed E-state index contributed by atoms with van der Waals surface area (Å²) in [7, 11) is 1.75. The first-order valence-corrected chi connectivity index (χ1v) is 9.16. The number of rotatable bonds is 0. The number of hydrogen-bond acceptors (Lipinski definition) is 4. The fourth-order valence-electron chi connectivity index (χ4n) is 3.44. The van der Waals surface area contributed by atoms with Gasteiger partial charge in [0.05, 0.1) is 16.2 Å². The van der Waals surface area contributed by atoms with E-state index in [1.165, 1.54) is 24.6 Å². The molecule has 0 unspecified atom stereocenters. The first-order valence-electron chi connectivity index (χ1n) is 8.34. The molecule has 0 aromatic heterocycles. The van der Waals surface area contributed by atoms with Gasteiger partial charge in [-0.25, -0.2) is 0 Å². The highest BCUT2D eigenvalue weighted by Crippen LogP contribution is 2.43. The molecule has 6 heteroatoms. The Morgan fingerprint density at radius 3 is 2.50 bits per heavy atom. The molecule has 1 saturated heterocycles. The maximum absolute atomic E-state index is 12.7. The van der Waals surface area contributed by atoms with E-state index in [9.17, 15) is 9.59 Å². The van der Waals surface area contributed by atoms with Crippen molar-refractivity contribution in [3.05, 3.63) is 34.7 Å². The second-order valence-electron chi connectivity index (χ2n) is 6.29. The number of hydrogen-bond donors (Lipinski definition) is 0. The third kappa shape index (κ3) is 2.45. The molecular formula is C18H19N3O2S. The van der Waals surface area contributed by atoms with Crippen LogP contribution in [0.4, 0.5) is 5.69 Å². The number of fused-ring (bicyclic) bond motifs is 1. The van der Waals surface area contributed by atoms with Crippen LogP contribution in [0.15, 0.2) is 34.2 Å². The highest BCUT2D eigenvalue weighted by atomic mass is 32.2. The summed E-state index contributed by atoms with van der Waals surface area (Å²) >= 11 is 1.36. The Kier molecular flexibility index (Phi) is 3.92. The molecule has 5 nitrogen and oxygen atoms in total. The minimum Gasteiger partial charge on any atom is -0.351 e. The van der Waals surface area contributed by atoms with E-state index in [1.807, 2.05) is 24.3 Å². The first kappa shape index (κ1) is 15.4. The van der Waals surface area contributed by atoms with E-state index in [0.717, 1.165) is 42.3 Å². The van der Waals surface area contributed by atoms with Gasteiger partial charge in [-0.3, -0.25) is 9.59 Å². The molecule has 0 bridgehead atoms. The van der Waals surface area contributed by atoms with Crippen molar-refractivity contribution < 1.29 is 9.59 Å². The van der Waals surface area contributed by atoms with Crippen molar-refractivity contribution in [2.75, 3.05) is 25.0 Å². The SMILES string of the molecule is CN1C(=O)/C(=C2/SC(N3CCCCCC3)=NC2=O)c2ccccc21. The van der Waals surface area contributed by atoms with E-state index in [0.29, 0.717) is 10.5 Å². The molecule has 24 heavy (non-hydrogen) atoms. The van der Waals surface area contributed by atoms with Gasteiger partial charge >= 0.3 is 0 Å². The number of carbonyl (C=O) groups is 2. The predicted molar refractivity (Wildman–Crippen MR) is 96.8 cm³/mol. The smallest absolute Gasteiger partial charge is 0.287 e. The number of likely N-dealkylation sites (tertiary alicyclic amines) is 1. The highest BCUT2D eigenvalue weighted by molar-refractivity contribution is 8.18. The summed E-state index contributed by atoms with van der Waals surface area (Å²) in [5, 5.41) is 0.754. The Hall–Kier alpha value is -2.08. The Morgan fingerprint density at radius 2 is 1.75 bits per heavy atom.